The third-order valence-electron chi connectivity index (χ3n) is 3.74. The van der Waals surface area contributed by atoms with Crippen molar-refractivity contribution >= 4 is 11.9 Å². The van der Waals surface area contributed by atoms with Crippen LogP contribution in [0.15, 0.2) is 30.3 Å². The van der Waals surface area contributed by atoms with E-state index < -0.39 is 0 Å². The van der Waals surface area contributed by atoms with Crippen molar-refractivity contribution in [1.29, 1.82) is 0 Å². The molecule has 2 rings (SSSR count). The number of esters is 1. The number of amides is 1. The maximum absolute atomic E-state index is 11.9. The van der Waals surface area contributed by atoms with Gasteiger partial charge in [-0.25, -0.2) is 0 Å². The summed E-state index contributed by atoms with van der Waals surface area (Å²) in [5.41, 5.74) is 0.905. The summed E-state index contributed by atoms with van der Waals surface area (Å²) >= 11 is 0. The Kier molecular flexibility index (Phi) is 5.58. The standard InChI is InChI=1S/C18H25NO3/c1-14(2)19-16(20)9-6-10-17(21)22-18(11-12-18)13-15-7-4-3-5-8-15/h3-5,7-8,14H,6,9-13H2,1-2H3,(H,19,20). The molecule has 0 unspecified atom stereocenters. The Bertz CT molecular complexity index is 506. The first-order valence-electron chi connectivity index (χ1n) is 8.04. The van der Waals surface area contributed by atoms with Crippen LogP contribution in [0.3, 0.4) is 0 Å². The molecule has 0 aromatic heterocycles. The Morgan fingerprint density at radius 1 is 1.18 bits per heavy atom. The van der Waals surface area contributed by atoms with E-state index in [1.165, 1.54) is 5.56 Å². The molecule has 1 N–H and O–H groups in total. The fourth-order valence-electron chi connectivity index (χ4n) is 2.50. The molecule has 1 aliphatic carbocycles. The van der Waals surface area contributed by atoms with Gasteiger partial charge in [-0.1, -0.05) is 30.3 Å². The van der Waals surface area contributed by atoms with E-state index in [0.29, 0.717) is 19.3 Å². The van der Waals surface area contributed by atoms with Crippen LogP contribution in [-0.2, 0) is 20.7 Å². The molecule has 0 radical (unpaired) electrons. The second kappa shape index (κ2) is 7.43. The SMILES string of the molecule is CC(C)NC(=O)CCCC(=O)OC1(Cc2ccccc2)CC1. The van der Waals surface area contributed by atoms with Gasteiger partial charge in [0.15, 0.2) is 0 Å². The Balaban J connectivity index is 1.70. The number of nitrogens with one attached hydrogen (secondary N) is 1. The number of rotatable bonds is 8. The van der Waals surface area contributed by atoms with Gasteiger partial charge in [0.1, 0.15) is 5.60 Å². The van der Waals surface area contributed by atoms with Crippen molar-refractivity contribution in [3.05, 3.63) is 35.9 Å². The average molecular weight is 303 g/mol. The molecular formula is C18H25NO3. The number of benzene rings is 1. The monoisotopic (exact) mass is 303 g/mol. The van der Waals surface area contributed by atoms with Crippen LogP contribution in [0.25, 0.3) is 0 Å². The van der Waals surface area contributed by atoms with Gasteiger partial charge in [-0.2, -0.15) is 0 Å². The molecule has 0 saturated heterocycles. The van der Waals surface area contributed by atoms with Gasteiger partial charge >= 0.3 is 5.97 Å². The molecule has 0 heterocycles. The topological polar surface area (TPSA) is 55.4 Å². The van der Waals surface area contributed by atoms with Gasteiger partial charge in [-0.15, -0.1) is 0 Å². The molecule has 4 nitrogen and oxygen atoms in total. The summed E-state index contributed by atoms with van der Waals surface area (Å²) in [4.78, 5) is 23.4. The van der Waals surface area contributed by atoms with Crippen LogP contribution in [0, 0.1) is 0 Å². The Morgan fingerprint density at radius 2 is 1.86 bits per heavy atom. The lowest BCUT2D eigenvalue weighted by molar-refractivity contribution is -0.151. The van der Waals surface area contributed by atoms with Gasteiger partial charge in [-0.05, 0) is 38.7 Å². The van der Waals surface area contributed by atoms with Gasteiger partial charge in [-0.3, -0.25) is 9.59 Å². The highest BCUT2D eigenvalue weighted by atomic mass is 16.6. The molecule has 0 aliphatic heterocycles. The molecule has 1 fully saturated rings. The van der Waals surface area contributed by atoms with Crippen molar-refractivity contribution in [1.82, 2.24) is 5.32 Å². The molecule has 1 saturated carbocycles. The van der Waals surface area contributed by atoms with E-state index in [9.17, 15) is 9.59 Å². The lowest BCUT2D eigenvalue weighted by atomic mass is 10.1. The van der Waals surface area contributed by atoms with Crippen LogP contribution >= 0.6 is 0 Å². The highest BCUT2D eigenvalue weighted by Gasteiger charge is 2.46. The zero-order valence-corrected chi connectivity index (χ0v) is 13.4. The highest BCUT2D eigenvalue weighted by Crippen LogP contribution is 2.42. The number of carbonyl (C=O) groups is 2. The Labute approximate surface area is 132 Å². The minimum atomic E-state index is -0.293. The smallest absolute Gasteiger partial charge is 0.306 e. The number of carbonyl (C=O) groups excluding carboxylic acids is 2. The normalized spacial score (nSPS) is 15.4. The summed E-state index contributed by atoms with van der Waals surface area (Å²) in [6.45, 7) is 3.85. The number of hydrogen-bond donors (Lipinski definition) is 1. The molecular weight excluding hydrogens is 278 g/mol. The second-order valence-corrected chi connectivity index (χ2v) is 6.40. The van der Waals surface area contributed by atoms with Crippen molar-refractivity contribution in [2.45, 2.75) is 64.0 Å². The van der Waals surface area contributed by atoms with Crippen LogP contribution in [-0.4, -0.2) is 23.5 Å². The molecule has 0 bridgehead atoms. The predicted octanol–water partition coefficient (Wildman–Crippen LogP) is 3.00. The zero-order valence-electron chi connectivity index (χ0n) is 13.4. The minimum absolute atomic E-state index is 0.00628. The fourth-order valence-corrected chi connectivity index (χ4v) is 2.50. The van der Waals surface area contributed by atoms with Gasteiger partial charge in [0.2, 0.25) is 5.91 Å². The molecule has 1 aromatic carbocycles. The van der Waals surface area contributed by atoms with Crippen LogP contribution in [0.1, 0.15) is 51.5 Å². The molecule has 22 heavy (non-hydrogen) atoms. The molecule has 4 heteroatoms. The van der Waals surface area contributed by atoms with Crippen molar-refractivity contribution in [2.75, 3.05) is 0 Å². The molecule has 0 atom stereocenters. The van der Waals surface area contributed by atoms with E-state index in [4.69, 9.17) is 4.74 Å². The second-order valence-electron chi connectivity index (χ2n) is 6.40. The summed E-state index contributed by atoms with van der Waals surface area (Å²) < 4.78 is 5.65. The Morgan fingerprint density at radius 3 is 2.45 bits per heavy atom. The zero-order chi connectivity index (χ0) is 16.0. The first-order chi connectivity index (χ1) is 10.5. The lowest BCUT2D eigenvalue weighted by Gasteiger charge is -2.17. The summed E-state index contributed by atoms with van der Waals surface area (Å²) in [6.07, 6.45) is 3.87. The first kappa shape index (κ1) is 16.5. The van der Waals surface area contributed by atoms with Crippen molar-refractivity contribution in [3.8, 4) is 0 Å². The summed E-state index contributed by atoms with van der Waals surface area (Å²) in [6, 6.07) is 10.2. The molecule has 120 valence electrons. The summed E-state index contributed by atoms with van der Waals surface area (Å²) in [5.74, 6) is -0.195. The van der Waals surface area contributed by atoms with Gasteiger partial charge in [0.05, 0.1) is 0 Å². The largest absolute Gasteiger partial charge is 0.459 e. The quantitative estimate of drug-likeness (QED) is 0.751. The molecule has 1 aromatic rings. The van der Waals surface area contributed by atoms with Crippen molar-refractivity contribution < 1.29 is 14.3 Å². The molecule has 0 spiro atoms. The Hall–Kier alpha value is -1.84. The van der Waals surface area contributed by atoms with E-state index in [-0.39, 0.29) is 23.5 Å². The third kappa shape index (κ3) is 5.51. The molecule has 1 aliphatic rings. The van der Waals surface area contributed by atoms with E-state index in [0.717, 1.165) is 19.3 Å². The highest BCUT2D eigenvalue weighted by molar-refractivity contribution is 5.77. The molecule has 1 amide bonds. The first-order valence-corrected chi connectivity index (χ1v) is 8.04. The van der Waals surface area contributed by atoms with Crippen molar-refractivity contribution in [2.24, 2.45) is 0 Å². The van der Waals surface area contributed by atoms with E-state index >= 15 is 0 Å². The predicted molar refractivity (Wildman–Crippen MR) is 85.3 cm³/mol. The minimum Gasteiger partial charge on any atom is -0.459 e. The lowest BCUT2D eigenvalue weighted by Crippen LogP contribution is -2.30. The summed E-state index contributed by atoms with van der Waals surface area (Å²) in [5, 5.41) is 2.82. The number of hydrogen-bond acceptors (Lipinski definition) is 3. The van der Waals surface area contributed by atoms with E-state index in [1.807, 2.05) is 32.0 Å². The van der Waals surface area contributed by atoms with Gasteiger partial charge < -0.3 is 10.1 Å². The fraction of sp³-hybridized carbons (Fsp3) is 0.556. The van der Waals surface area contributed by atoms with Crippen molar-refractivity contribution in [3.63, 3.8) is 0 Å². The average Bonchev–Trinajstić information content (AvgIpc) is 3.18. The third-order valence-corrected chi connectivity index (χ3v) is 3.74. The van der Waals surface area contributed by atoms with Crippen LogP contribution in [0.4, 0.5) is 0 Å². The van der Waals surface area contributed by atoms with E-state index in [2.05, 4.69) is 17.4 Å². The maximum atomic E-state index is 11.9. The van der Waals surface area contributed by atoms with Gasteiger partial charge in [0, 0.05) is 25.3 Å². The number of ether oxygens (including phenoxy) is 1. The van der Waals surface area contributed by atoms with Gasteiger partial charge in [0.25, 0.3) is 0 Å². The summed E-state index contributed by atoms with van der Waals surface area (Å²) in [7, 11) is 0. The van der Waals surface area contributed by atoms with Crippen LogP contribution < -0.4 is 5.32 Å². The maximum Gasteiger partial charge on any atom is 0.306 e. The van der Waals surface area contributed by atoms with Crippen LogP contribution in [0.5, 0.6) is 0 Å². The van der Waals surface area contributed by atoms with Crippen LogP contribution in [0.2, 0.25) is 0 Å². The van der Waals surface area contributed by atoms with E-state index in [1.54, 1.807) is 0 Å².